The first-order valence-electron chi connectivity index (χ1n) is 12.5. The van der Waals surface area contributed by atoms with Crippen LogP contribution in [0, 0.1) is 13.8 Å². The number of esters is 1. The highest BCUT2D eigenvalue weighted by Crippen LogP contribution is 2.39. The number of ether oxygens (including phenoxy) is 1. The summed E-state index contributed by atoms with van der Waals surface area (Å²) in [5, 5.41) is 12.9. The molecule has 10 heteroatoms. The van der Waals surface area contributed by atoms with Crippen LogP contribution >= 0.6 is 11.3 Å². The molecule has 37 heavy (non-hydrogen) atoms. The van der Waals surface area contributed by atoms with Gasteiger partial charge in [0.05, 0.1) is 29.7 Å². The van der Waals surface area contributed by atoms with Crippen LogP contribution in [0.15, 0.2) is 35.3 Å². The third kappa shape index (κ3) is 4.35. The smallest absolute Gasteiger partial charge is 0.341 e. The van der Waals surface area contributed by atoms with Crippen molar-refractivity contribution in [2.75, 3.05) is 11.9 Å². The molecule has 0 bridgehead atoms. The zero-order chi connectivity index (χ0) is 26.3. The fraction of sp³-hybridized carbons (Fsp3) is 0.370. The fourth-order valence-corrected chi connectivity index (χ4v) is 6.12. The molecule has 1 aliphatic carbocycles. The first-order chi connectivity index (χ1) is 17.8. The Morgan fingerprint density at radius 1 is 1.19 bits per heavy atom. The van der Waals surface area contributed by atoms with E-state index >= 15 is 0 Å². The topological polar surface area (TPSA) is 108 Å². The van der Waals surface area contributed by atoms with Gasteiger partial charge in [-0.1, -0.05) is 18.2 Å². The SMILES string of the molecule is CCOC(=O)c1c(NC(=O)C(C)n2nc(C)c3cnn(-c4ccccc4C)c3c2=O)sc2c1CCCC2. The number of aromatic nitrogens is 4. The van der Waals surface area contributed by atoms with Crippen LogP contribution in [0.5, 0.6) is 0 Å². The molecule has 0 saturated carbocycles. The molecule has 3 aromatic heterocycles. The number of carbonyl (C=O) groups is 2. The van der Waals surface area contributed by atoms with Crippen LogP contribution in [0.25, 0.3) is 16.6 Å². The Balaban J connectivity index is 1.53. The number of thiophene rings is 1. The van der Waals surface area contributed by atoms with Crippen LogP contribution < -0.4 is 10.9 Å². The molecule has 0 aliphatic heterocycles. The van der Waals surface area contributed by atoms with Gasteiger partial charge in [-0.3, -0.25) is 9.59 Å². The van der Waals surface area contributed by atoms with Gasteiger partial charge in [0.1, 0.15) is 16.6 Å². The van der Waals surface area contributed by atoms with Crippen molar-refractivity contribution in [2.45, 2.75) is 59.4 Å². The fourth-order valence-electron chi connectivity index (χ4n) is 4.84. The summed E-state index contributed by atoms with van der Waals surface area (Å²) in [7, 11) is 0. The van der Waals surface area contributed by atoms with Crippen LogP contribution in [-0.2, 0) is 22.4 Å². The van der Waals surface area contributed by atoms with Crippen molar-refractivity contribution >= 4 is 39.1 Å². The summed E-state index contributed by atoms with van der Waals surface area (Å²) in [6.07, 6.45) is 5.32. The summed E-state index contributed by atoms with van der Waals surface area (Å²) in [6, 6.07) is 6.74. The molecule has 4 aromatic rings. The molecule has 0 saturated heterocycles. The van der Waals surface area contributed by atoms with Crippen molar-refractivity contribution in [2.24, 2.45) is 0 Å². The number of rotatable bonds is 6. The molecule has 1 atom stereocenters. The van der Waals surface area contributed by atoms with Crippen LogP contribution in [0.3, 0.4) is 0 Å². The minimum atomic E-state index is -0.926. The van der Waals surface area contributed by atoms with E-state index in [9.17, 15) is 14.4 Å². The van der Waals surface area contributed by atoms with E-state index in [2.05, 4.69) is 15.5 Å². The number of nitrogens with zero attached hydrogens (tertiary/aromatic N) is 4. The van der Waals surface area contributed by atoms with Crippen LogP contribution in [0.2, 0.25) is 0 Å². The number of carbonyl (C=O) groups excluding carboxylic acids is 2. The van der Waals surface area contributed by atoms with Crippen molar-refractivity contribution in [3.63, 3.8) is 0 Å². The van der Waals surface area contributed by atoms with Gasteiger partial charge >= 0.3 is 5.97 Å². The Morgan fingerprint density at radius 3 is 2.70 bits per heavy atom. The first kappa shape index (κ1) is 24.9. The lowest BCUT2D eigenvalue weighted by atomic mass is 9.95. The molecule has 1 unspecified atom stereocenters. The van der Waals surface area contributed by atoms with Crippen molar-refractivity contribution in [3.05, 3.63) is 68.1 Å². The summed E-state index contributed by atoms with van der Waals surface area (Å²) in [5.41, 5.74) is 3.69. The molecular formula is C27H29N5O4S. The molecule has 1 aliphatic rings. The van der Waals surface area contributed by atoms with E-state index in [0.29, 0.717) is 27.2 Å². The molecule has 1 aromatic carbocycles. The van der Waals surface area contributed by atoms with E-state index in [-0.39, 0.29) is 6.61 Å². The monoisotopic (exact) mass is 519 g/mol. The molecule has 0 spiro atoms. The van der Waals surface area contributed by atoms with Gasteiger partial charge in [-0.25, -0.2) is 14.2 Å². The number of hydrogen-bond acceptors (Lipinski definition) is 7. The third-order valence-electron chi connectivity index (χ3n) is 6.80. The highest BCUT2D eigenvalue weighted by molar-refractivity contribution is 7.17. The van der Waals surface area contributed by atoms with E-state index in [1.54, 1.807) is 31.6 Å². The Morgan fingerprint density at radius 2 is 1.95 bits per heavy atom. The van der Waals surface area contributed by atoms with Crippen molar-refractivity contribution in [1.82, 2.24) is 19.6 Å². The largest absolute Gasteiger partial charge is 0.462 e. The van der Waals surface area contributed by atoms with Gasteiger partial charge in [-0.15, -0.1) is 11.3 Å². The number of nitrogens with one attached hydrogen (secondary N) is 1. The van der Waals surface area contributed by atoms with Crippen molar-refractivity contribution in [3.8, 4) is 5.69 Å². The standard InChI is InChI=1S/C27H29N5O4S/c1-5-36-27(35)22-18-11-7-9-13-21(18)37-25(22)29-24(33)17(4)31-26(34)23-19(16(3)30-31)14-28-32(23)20-12-8-6-10-15(20)2/h6,8,10,12,14,17H,5,7,9,11,13H2,1-4H3,(H,29,33). The van der Waals surface area contributed by atoms with Gasteiger partial charge < -0.3 is 10.1 Å². The van der Waals surface area contributed by atoms with E-state index in [0.717, 1.165) is 47.4 Å². The number of para-hydroxylation sites is 1. The number of fused-ring (bicyclic) bond motifs is 2. The Bertz CT molecular complexity index is 1580. The second-order valence-electron chi connectivity index (χ2n) is 9.24. The molecule has 1 N–H and O–H groups in total. The lowest BCUT2D eigenvalue weighted by Gasteiger charge is -2.16. The summed E-state index contributed by atoms with van der Waals surface area (Å²) in [6.45, 7) is 7.38. The Labute approximate surface area is 218 Å². The van der Waals surface area contributed by atoms with E-state index in [4.69, 9.17) is 4.74 Å². The predicted molar refractivity (Wildman–Crippen MR) is 143 cm³/mol. The van der Waals surface area contributed by atoms with Gasteiger partial charge in [-0.05, 0) is 70.6 Å². The van der Waals surface area contributed by atoms with E-state index in [1.807, 2.05) is 31.2 Å². The Hall–Kier alpha value is -3.79. The minimum absolute atomic E-state index is 0.250. The van der Waals surface area contributed by atoms with Crippen LogP contribution in [-0.4, -0.2) is 38.0 Å². The highest BCUT2D eigenvalue weighted by atomic mass is 32.1. The van der Waals surface area contributed by atoms with Gasteiger partial charge in [0.15, 0.2) is 0 Å². The summed E-state index contributed by atoms with van der Waals surface area (Å²) < 4.78 is 8.10. The zero-order valence-electron chi connectivity index (χ0n) is 21.3. The molecule has 5 rings (SSSR count). The third-order valence-corrected chi connectivity index (χ3v) is 8.01. The molecular weight excluding hydrogens is 490 g/mol. The first-order valence-corrected chi connectivity index (χ1v) is 13.3. The maximum atomic E-state index is 13.7. The minimum Gasteiger partial charge on any atom is -0.462 e. The Kier molecular flexibility index (Phi) is 6.68. The second-order valence-corrected chi connectivity index (χ2v) is 10.3. The molecule has 192 valence electrons. The maximum absolute atomic E-state index is 13.7. The number of amides is 1. The van der Waals surface area contributed by atoms with Gasteiger partial charge in [0.25, 0.3) is 5.56 Å². The van der Waals surface area contributed by atoms with Crippen molar-refractivity contribution in [1.29, 1.82) is 0 Å². The number of aryl methyl sites for hydroxylation is 3. The lowest BCUT2D eigenvalue weighted by molar-refractivity contribution is -0.119. The van der Waals surface area contributed by atoms with Gasteiger partial charge in [0, 0.05) is 10.3 Å². The number of anilines is 1. The van der Waals surface area contributed by atoms with Crippen molar-refractivity contribution < 1.29 is 14.3 Å². The average Bonchev–Trinajstić information content (AvgIpc) is 3.48. The second kappa shape index (κ2) is 9.93. The quantitative estimate of drug-likeness (QED) is 0.376. The van der Waals surface area contributed by atoms with Gasteiger partial charge in [0.2, 0.25) is 5.91 Å². The zero-order valence-corrected chi connectivity index (χ0v) is 22.1. The molecule has 1 amide bonds. The van der Waals surface area contributed by atoms with Crippen LogP contribution in [0.4, 0.5) is 5.00 Å². The van der Waals surface area contributed by atoms with Gasteiger partial charge in [-0.2, -0.15) is 10.2 Å². The highest BCUT2D eigenvalue weighted by Gasteiger charge is 2.29. The molecule has 0 fully saturated rings. The van der Waals surface area contributed by atoms with Crippen LogP contribution in [0.1, 0.15) is 64.8 Å². The summed E-state index contributed by atoms with van der Waals surface area (Å²) in [4.78, 5) is 41.0. The van der Waals surface area contributed by atoms with E-state index < -0.39 is 23.5 Å². The molecule has 0 radical (unpaired) electrons. The normalized spacial score (nSPS) is 13.8. The average molecular weight is 520 g/mol. The van der Waals surface area contributed by atoms with E-state index in [1.165, 1.54) is 16.0 Å². The molecule has 9 nitrogen and oxygen atoms in total. The predicted octanol–water partition coefficient (Wildman–Crippen LogP) is 4.52. The summed E-state index contributed by atoms with van der Waals surface area (Å²) in [5.74, 6) is -0.862. The lowest BCUT2D eigenvalue weighted by Crippen LogP contribution is -2.34. The number of benzene rings is 1. The number of hydrogen-bond donors (Lipinski definition) is 1. The molecule has 3 heterocycles. The summed E-state index contributed by atoms with van der Waals surface area (Å²) >= 11 is 1.41. The maximum Gasteiger partial charge on any atom is 0.341 e.